The normalized spacial score (nSPS) is 9.33. The van der Waals surface area contributed by atoms with E-state index in [9.17, 15) is 0 Å². The van der Waals surface area contributed by atoms with E-state index in [1.807, 2.05) is 42.5 Å². The second-order valence-corrected chi connectivity index (χ2v) is 2.77. The minimum atomic E-state index is 0.734. The lowest BCUT2D eigenvalue weighted by molar-refractivity contribution is 0.424. The van der Waals surface area contributed by atoms with Gasteiger partial charge in [0.15, 0.2) is 5.58 Å². The van der Waals surface area contributed by atoms with Gasteiger partial charge in [0.05, 0.1) is 0 Å². The van der Waals surface area contributed by atoms with Crippen LogP contribution in [-0.4, -0.2) is 15.4 Å². The topological polar surface area (TPSA) is 51.8 Å². The number of pyridine rings is 1. The third-order valence-corrected chi connectivity index (χ3v) is 1.72. The maximum absolute atomic E-state index is 4.76. The average Bonchev–Trinajstić information content (AvgIpc) is 2.80. The molecule has 4 nitrogen and oxygen atoms in total. The summed E-state index contributed by atoms with van der Waals surface area (Å²) in [5.41, 5.74) is 1.54. The van der Waals surface area contributed by atoms with Crippen molar-refractivity contribution in [3.63, 3.8) is 0 Å². The summed E-state index contributed by atoms with van der Waals surface area (Å²) in [6.45, 7) is 0. The van der Waals surface area contributed by atoms with Crippen LogP contribution in [0.2, 0.25) is 0 Å². The van der Waals surface area contributed by atoms with Crippen molar-refractivity contribution in [1.29, 1.82) is 0 Å². The lowest BCUT2D eigenvalue weighted by atomic mass is 10.3. The van der Waals surface area contributed by atoms with Gasteiger partial charge in [0.2, 0.25) is 0 Å². The van der Waals surface area contributed by atoms with Crippen LogP contribution in [0.3, 0.4) is 0 Å². The van der Waals surface area contributed by atoms with E-state index in [1.54, 1.807) is 12.4 Å². The van der Waals surface area contributed by atoms with Crippen molar-refractivity contribution in [3.05, 3.63) is 54.9 Å². The lowest BCUT2D eigenvalue weighted by Crippen LogP contribution is -1.63. The lowest BCUT2D eigenvalue weighted by Gasteiger charge is -1.76. The highest BCUT2D eigenvalue weighted by Gasteiger charge is 1.93. The van der Waals surface area contributed by atoms with Gasteiger partial charge in [-0.05, 0) is 24.3 Å². The molecule has 74 valence electrons. The van der Waals surface area contributed by atoms with Gasteiger partial charge in [0.25, 0.3) is 0 Å². The summed E-state index contributed by atoms with van der Waals surface area (Å²) >= 11 is 0. The quantitative estimate of drug-likeness (QED) is 0.557. The fraction of sp³-hybridized carbons (Fsp3) is 0. The molecule has 2 heterocycles. The van der Waals surface area contributed by atoms with E-state index in [-0.39, 0.29) is 0 Å². The molecular formula is C11H9N3O. The molecule has 3 rings (SSSR count). The van der Waals surface area contributed by atoms with Crippen LogP contribution in [0.15, 0.2) is 59.4 Å². The largest absolute Gasteiger partial charge is 0.337 e. The highest BCUT2D eigenvalue weighted by molar-refractivity contribution is 5.70. The number of hydrogen-bond acceptors (Lipinski definition) is 4. The second-order valence-electron chi connectivity index (χ2n) is 2.77. The SMILES string of the molecule is c1ccc2onnc2c1.c1ccncc1. The molecule has 0 N–H and O–H groups in total. The Morgan fingerprint density at radius 3 is 2.27 bits per heavy atom. The van der Waals surface area contributed by atoms with E-state index >= 15 is 0 Å². The molecule has 0 unspecified atom stereocenters. The zero-order valence-electron chi connectivity index (χ0n) is 7.95. The molecule has 0 atom stereocenters. The molecule has 4 heteroatoms. The fourth-order valence-electron chi connectivity index (χ4n) is 1.04. The van der Waals surface area contributed by atoms with Gasteiger partial charge >= 0.3 is 0 Å². The van der Waals surface area contributed by atoms with Crippen LogP contribution in [0.4, 0.5) is 0 Å². The summed E-state index contributed by atoms with van der Waals surface area (Å²) in [4.78, 5) is 3.78. The number of rotatable bonds is 0. The van der Waals surface area contributed by atoms with Gasteiger partial charge in [-0.15, -0.1) is 5.10 Å². The smallest absolute Gasteiger partial charge is 0.187 e. The Morgan fingerprint density at radius 1 is 0.867 bits per heavy atom. The van der Waals surface area contributed by atoms with E-state index in [0.717, 1.165) is 11.1 Å². The van der Waals surface area contributed by atoms with Gasteiger partial charge in [0.1, 0.15) is 5.52 Å². The Labute approximate surface area is 86.5 Å². The number of para-hydroxylation sites is 1. The van der Waals surface area contributed by atoms with Gasteiger partial charge in [-0.2, -0.15) is 0 Å². The van der Waals surface area contributed by atoms with E-state index in [1.165, 1.54) is 0 Å². The minimum Gasteiger partial charge on any atom is -0.337 e. The Morgan fingerprint density at radius 2 is 1.67 bits per heavy atom. The first-order chi connectivity index (χ1) is 7.47. The van der Waals surface area contributed by atoms with Gasteiger partial charge in [-0.3, -0.25) is 4.98 Å². The van der Waals surface area contributed by atoms with Crippen molar-refractivity contribution >= 4 is 11.1 Å². The number of hydrogen-bond donors (Lipinski definition) is 0. The van der Waals surface area contributed by atoms with E-state index in [4.69, 9.17) is 4.52 Å². The molecule has 0 saturated carbocycles. The molecule has 0 fully saturated rings. The van der Waals surface area contributed by atoms with Crippen LogP contribution < -0.4 is 0 Å². The molecule has 0 radical (unpaired) electrons. The summed E-state index contributed by atoms with van der Waals surface area (Å²) in [7, 11) is 0. The molecule has 0 aliphatic carbocycles. The van der Waals surface area contributed by atoms with Crippen LogP contribution in [-0.2, 0) is 0 Å². The summed E-state index contributed by atoms with van der Waals surface area (Å²) in [6.07, 6.45) is 3.50. The molecule has 0 aliphatic rings. The first-order valence-electron chi connectivity index (χ1n) is 4.49. The standard InChI is InChI=1S/C6H4N2O.C5H5N/c1-2-4-6-5(3-1)7-8-9-6;1-2-4-6-5-3-1/h1-4H;1-5H. The molecule has 15 heavy (non-hydrogen) atoms. The van der Waals surface area contributed by atoms with Gasteiger partial charge in [0, 0.05) is 17.7 Å². The zero-order valence-corrected chi connectivity index (χ0v) is 7.95. The maximum Gasteiger partial charge on any atom is 0.187 e. The van der Waals surface area contributed by atoms with Gasteiger partial charge in [-0.1, -0.05) is 18.2 Å². The van der Waals surface area contributed by atoms with E-state index in [0.29, 0.717) is 0 Å². The predicted octanol–water partition coefficient (Wildman–Crippen LogP) is 2.30. The maximum atomic E-state index is 4.76. The summed E-state index contributed by atoms with van der Waals surface area (Å²) in [6, 6.07) is 13.2. The van der Waals surface area contributed by atoms with Crippen molar-refractivity contribution in [1.82, 2.24) is 15.4 Å². The fourth-order valence-corrected chi connectivity index (χ4v) is 1.04. The molecule has 1 aromatic carbocycles. The molecule has 2 aromatic heterocycles. The number of fused-ring (bicyclic) bond motifs is 1. The summed E-state index contributed by atoms with van der Waals surface area (Å²) < 4.78 is 4.76. The first-order valence-corrected chi connectivity index (χ1v) is 4.49. The Kier molecular flexibility index (Phi) is 3.02. The summed E-state index contributed by atoms with van der Waals surface area (Å²) in [5, 5.41) is 7.08. The monoisotopic (exact) mass is 199 g/mol. The molecule has 0 saturated heterocycles. The van der Waals surface area contributed by atoms with Crippen molar-refractivity contribution in [3.8, 4) is 0 Å². The number of benzene rings is 1. The zero-order chi connectivity index (χ0) is 10.3. The van der Waals surface area contributed by atoms with Crippen LogP contribution in [0.1, 0.15) is 0 Å². The average molecular weight is 199 g/mol. The minimum absolute atomic E-state index is 0.734. The number of nitrogens with zero attached hydrogens (tertiary/aromatic N) is 3. The molecule has 0 bridgehead atoms. The van der Waals surface area contributed by atoms with Gasteiger partial charge < -0.3 is 4.52 Å². The van der Waals surface area contributed by atoms with Crippen LogP contribution in [0, 0.1) is 0 Å². The van der Waals surface area contributed by atoms with Gasteiger partial charge in [-0.25, -0.2) is 0 Å². The molecule has 3 aromatic rings. The van der Waals surface area contributed by atoms with Crippen molar-refractivity contribution in [2.45, 2.75) is 0 Å². The van der Waals surface area contributed by atoms with E-state index < -0.39 is 0 Å². The Balaban J connectivity index is 0.000000124. The number of aromatic nitrogens is 3. The second kappa shape index (κ2) is 4.85. The molecule has 0 spiro atoms. The molecule has 0 amide bonds. The van der Waals surface area contributed by atoms with Crippen molar-refractivity contribution < 1.29 is 4.52 Å². The Bertz CT molecular complexity index is 450. The predicted molar refractivity (Wildman–Crippen MR) is 56.0 cm³/mol. The van der Waals surface area contributed by atoms with Crippen molar-refractivity contribution in [2.75, 3.05) is 0 Å². The van der Waals surface area contributed by atoms with Crippen LogP contribution >= 0.6 is 0 Å². The summed E-state index contributed by atoms with van der Waals surface area (Å²) in [5.74, 6) is 0. The highest BCUT2D eigenvalue weighted by Crippen LogP contribution is 2.06. The van der Waals surface area contributed by atoms with Crippen LogP contribution in [0.5, 0.6) is 0 Å². The highest BCUT2D eigenvalue weighted by atomic mass is 16.5. The third-order valence-electron chi connectivity index (χ3n) is 1.72. The van der Waals surface area contributed by atoms with Crippen LogP contribution in [0.25, 0.3) is 11.1 Å². The third kappa shape index (κ3) is 2.60. The van der Waals surface area contributed by atoms with E-state index in [2.05, 4.69) is 15.4 Å². The van der Waals surface area contributed by atoms with Crippen molar-refractivity contribution in [2.24, 2.45) is 0 Å². The molecule has 0 aliphatic heterocycles. The Hall–Kier alpha value is -2.23. The molecular weight excluding hydrogens is 190 g/mol. The first kappa shape index (κ1) is 9.33.